The predicted molar refractivity (Wildman–Crippen MR) is 170 cm³/mol. The number of hydrogen-bond acceptors (Lipinski definition) is 7. The summed E-state index contributed by atoms with van der Waals surface area (Å²) in [6, 6.07) is 13.3. The molecule has 3 N–H and O–H groups in total. The van der Waals surface area contributed by atoms with E-state index < -0.39 is 0 Å². The van der Waals surface area contributed by atoms with E-state index >= 15 is 0 Å². The third-order valence-corrected chi connectivity index (χ3v) is 9.54. The van der Waals surface area contributed by atoms with Gasteiger partial charge in [0, 0.05) is 73.9 Å². The largest absolute Gasteiger partial charge is 0.355 e. The van der Waals surface area contributed by atoms with Gasteiger partial charge in [0.1, 0.15) is 11.4 Å². The molecule has 5 heterocycles. The van der Waals surface area contributed by atoms with Crippen molar-refractivity contribution in [1.29, 1.82) is 0 Å². The molecule has 0 bridgehead atoms. The number of likely N-dealkylation sites (tertiary alicyclic amines) is 1. The van der Waals surface area contributed by atoms with Crippen molar-refractivity contribution in [2.75, 3.05) is 39.3 Å². The van der Waals surface area contributed by atoms with Gasteiger partial charge in [-0.05, 0) is 63.1 Å². The first kappa shape index (κ1) is 30.2. The molecule has 2 aliphatic heterocycles. The standard InChI is InChI=1S/C31H36ClN7O4S/c1-19(2)37-11-7-22(8-12-37)35-30(41)25-16-21-15-20(29(40)33-9-13-38-14-10-34-31(38)42)3-4-24(21)39(25)18-23-17-26(43-36-23)27-5-6-28(32)44-27/h3-6,15-17,19,22H,7-14,18H2,1-2H3,(H,33,40)(H,34,42)(H,35,41). The Morgan fingerprint density at radius 3 is 2.64 bits per heavy atom. The maximum atomic E-state index is 13.7. The van der Waals surface area contributed by atoms with E-state index in [1.165, 1.54) is 11.3 Å². The number of amides is 4. The minimum atomic E-state index is -0.238. The van der Waals surface area contributed by atoms with Gasteiger partial charge in [-0.3, -0.25) is 9.59 Å². The van der Waals surface area contributed by atoms with E-state index in [9.17, 15) is 14.4 Å². The fourth-order valence-electron chi connectivity index (χ4n) is 5.83. The van der Waals surface area contributed by atoms with E-state index in [-0.39, 0.29) is 23.9 Å². The first-order valence-electron chi connectivity index (χ1n) is 15.0. The van der Waals surface area contributed by atoms with Crippen LogP contribution in [0.2, 0.25) is 4.34 Å². The highest BCUT2D eigenvalue weighted by atomic mass is 35.5. The highest BCUT2D eigenvalue weighted by Gasteiger charge is 2.25. The van der Waals surface area contributed by atoms with Gasteiger partial charge in [0.2, 0.25) is 0 Å². The van der Waals surface area contributed by atoms with Crippen LogP contribution in [0, 0.1) is 0 Å². The molecule has 0 radical (unpaired) electrons. The highest BCUT2D eigenvalue weighted by Crippen LogP contribution is 2.32. The molecule has 4 amide bonds. The Bertz CT molecular complexity index is 1670. The lowest BCUT2D eigenvalue weighted by Crippen LogP contribution is -2.46. The third-order valence-electron chi connectivity index (χ3n) is 8.30. The van der Waals surface area contributed by atoms with Gasteiger partial charge < -0.3 is 34.8 Å². The minimum Gasteiger partial charge on any atom is -0.355 e. The fourth-order valence-corrected chi connectivity index (χ4v) is 6.82. The Morgan fingerprint density at radius 2 is 1.93 bits per heavy atom. The topological polar surface area (TPSA) is 125 Å². The van der Waals surface area contributed by atoms with Gasteiger partial charge in [-0.15, -0.1) is 11.3 Å². The van der Waals surface area contributed by atoms with Crippen LogP contribution in [0.5, 0.6) is 0 Å². The maximum absolute atomic E-state index is 13.7. The number of carbonyl (C=O) groups is 3. The Morgan fingerprint density at radius 1 is 1.11 bits per heavy atom. The summed E-state index contributed by atoms with van der Waals surface area (Å²) in [5.74, 6) is 0.215. The molecule has 4 aromatic rings. The lowest BCUT2D eigenvalue weighted by Gasteiger charge is -2.34. The molecule has 3 aromatic heterocycles. The average Bonchev–Trinajstić information content (AvgIpc) is 3.81. The number of piperidine rings is 1. The van der Waals surface area contributed by atoms with E-state index in [4.69, 9.17) is 16.1 Å². The van der Waals surface area contributed by atoms with Gasteiger partial charge in [-0.2, -0.15) is 0 Å². The summed E-state index contributed by atoms with van der Waals surface area (Å²) in [5.41, 5.74) is 2.44. The number of nitrogens with one attached hydrogen (secondary N) is 3. The number of hydrogen-bond donors (Lipinski definition) is 3. The lowest BCUT2D eigenvalue weighted by atomic mass is 10.0. The van der Waals surface area contributed by atoms with Gasteiger partial charge in [-0.1, -0.05) is 16.8 Å². The zero-order valence-corrected chi connectivity index (χ0v) is 26.3. The zero-order valence-electron chi connectivity index (χ0n) is 24.8. The molecule has 11 nitrogen and oxygen atoms in total. The van der Waals surface area contributed by atoms with Crippen LogP contribution in [0.15, 0.2) is 47.0 Å². The molecule has 0 saturated carbocycles. The SMILES string of the molecule is CC(C)N1CCC(NC(=O)c2cc3cc(C(=O)NCCN4CCNC4=O)ccc3n2Cc2cc(-c3ccc(Cl)s3)on2)CC1. The molecule has 0 atom stereocenters. The number of nitrogens with zero attached hydrogens (tertiary/aromatic N) is 4. The number of benzene rings is 1. The number of thiophene rings is 1. The van der Waals surface area contributed by atoms with Crippen molar-refractivity contribution in [3.63, 3.8) is 0 Å². The Hall–Kier alpha value is -3.87. The third kappa shape index (κ3) is 6.62. The quantitative estimate of drug-likeness (QED) is 0.237. The van der Waals surface area contributed by atoms with Crippen LogP contribution < -0.4 is 16.0 Å². The molecule has 0 unspecified atom stereocenters. The molecule has 2 aliphatic rings. The zero-order chi connectivity index (χ0) is 30.8. The van der Waals surface area contributed by atoms with Crippen LogP contribution in [0.4, 0.5) is 4.79 Å². The van der Waals surface area contributed by atoms with Gasteiger partial charge in [-0.25, -0.2) is 4.79 Å². The molecular formula is C31H36ClN7O4S. The Balaban J connectivity index is 1.23. The Kier molecular flexibility index (Phi) is 8.92. The van der Waals surface area contributed by atoms with E-state index in [2.05, 4.69) is 39.9 Å². The van der Waals surface area contributed by atoms with Crippen molar-refractivity contribution in [2.24, 2.45) is 0 Å². The predicted octanol–water partition coefficient (Wildman–Crippen LogP) is 4.42. The molecule has 1 aromatic carbocycles. The molecule has 6 rings (SSSR count). The summed E-state index contributed by atoms with van der Waals surface area (Å²) in [5, 5.41) is 14.0. The first-order valence-corrected chi connectivity index (χ1v) is 16.1. The summed E-state index contributed by atoms with van der Waals surface area (Å²) >= 11 is 7.52. The second kappa shape index (κ2) is 13.0. The second-order valence-corrected chi connectivity index (χ2v) is 13.2. The van der Waals surface area contributed by atoms with Gasteiger partial charge in [0.05, 0.1) is 15.8 Å². The number of rotatable bonds is 10. The Labute approximate surface area is 264 Å². The molecule has 0 spiro atoms. The van der Waals surface area contributed by atoms with Crippen molar-refractivity contribution in [3.8, 4) is 10.6 Å². The monoisotopic (exact) mass is 637 g/mol. The number of carbonyl (C=O) groups excluding carboxylic acids is 3. The molecular weight excluding hydrogens is 602 g/mol. The van der Waals surface area contributed by atoms with Crippen molar-refractivity contribution < 1.29 is 18.9 Å². The van der Waals surface area contributed by atoms with E-state index in [0.29, 0.717) is 65.8 Å². The molecule has 2 saturated heterocycles. The number of urea groups is 1. The first-order chi connectivity index (χ1) is 21.2. The lowest BCUT2D eigenvalue weighted by molar-refractivity contribution is 0.0891. The van der Waals surface area contributed by atoms with Crippen LogP contribution in [0.1, 0.15) is 53.2 Å². The van der Waals surface area contributed by atoms with Crippen molar-refractivity contribution in [1.82, 2.24) is 35.5 Å². The van der Waals surface area contributed by atoms with Crippen molar-refractivity contribution in [2.45, 2.75) is 45.3 Å². The van der Waals surface area contributed by atoms with Gasteiger partial charge in [0.15, 0.2) is 5.76 Å². The van der Waals surface area contributed by atoms with Crippen molar-refractivity contribution in [3.05, 3.63) is 63.8 Å². The number of halogens is 1. The average molecular weight is 638 g/mol. The fraction of sp³-hybridized carbons (Fsp3) is 0.419. The summed E-state index contributed by atoms with van der Waals surface area (Å²) in [4.78, 5) is 43.5. The van der Waals surface area contributed by atoms with Crippen molar-refractivity contribution >= 4 is 51.7 Å². The summed E-state index contributed by atoms with van der Waals surface area (Å²) in [7, 11) is 0. The second-order valence-electron chi connectivity index (χ2n) is 11.5. The van der Waals surface area contributed by atoms with Crippen LogP contribution in [-0.2, 0) is 6.54 Å². The number of fused-ring (bicyclic) bond motifs is 1. The molecule has 232 valence electrons. The van der Waals surface area contributed by atoms with Crippen LogP contribution in [0.3, 0.4) is 0 Å². The van der Waals surface area contributed by atoms with Gasteiger partial charge >= 0.3 is 6.03 Å². The van der Waals surface area contributed by atoms with Crippen LogP contribution in [0.25, 0.3) is 21.5 Å². The minimum absolute atomic E-state index is 0.0882. The van der Waals surface area contributed by atoms with E-state index in [1.54, 1.807) is 17.0 Å². The number of aromatic nitrogens is 2. The smallest absolute Gasteiger partial charge is 0.317 e. The van der Waals surface area contributed by atoms with Crippen LogP contribution >= 0.6 is 22.9 Å². The molecule has 13 heteroatoms. The maximum Gasteiger partial charge on any atom is 0.317 e. The highest BCUT2D eigenvalue weighted by molar-refractivity contribution is 7.19. The van der Waals surface area contributed by atoms with Crippen LogP contribution in [-0.4, -0.2) is 88.7 Å². The summed E-state index contributed by atoms with van der Waals surface area (Å²) in [6.45, 7) is 8.62. The molecule has 44 heavy (non-hydrogen) atoms. The van der Waals surface area contributed by atoms with Gasteiger partial charge in [0.25, 0.3) is 11.8 Å². The summed E-state index contributed by atoms with van der Waals surface area (Å²) < 4.78 is 8.19. The normalized spacial score (nSPS) is 16.2. The summed E-state index contributed by atoms with van der Waals surface area (Å²) in [6.07, 6.45) is 1.78. The van der Waals surface area contributed by atoms with E-state index in [0.717, 1.165) is 41.7 Å². The van der Waals surface area contributed by atoms with E-state index in [1.807, 2.05) is 34.9 Å². The molecule has 2 fully saturated rings. The molecule has 0 aliphatic carbocycles.